The monoisotopic (exact) mass is 566 g/mol. The molecule has 4 aromatic rings. The summed E-state index contributed by atoms with van der Waals surface area (Å²) in [6.07, 6.45) is 0. The number of ketones is 1. The van der Waals surface area contributed by atoms with Crippen LogP contribution < -0.4 is 24.3 Å². The second-order valence-corrected chi connectivity index (χ2v) is 10.00. The molecule has 0 fully saturated rings. The molecule has 0 unspecified atom stereocenters. The van der Waals surface area contributed by atoms with Crippen molar-refractivity contribution in [3.63, 3.8) is 0 Å². The van der Waals surface area contributed by atoms with E-state index in [1.54, 1.807) is 45.6 Å². The van der Waals surface area contributed by atoms with Crippen molar-refractivity contribution in [1.29, 1.82) is 0 Å². The number of benzene rings is 3. The van der Waals surface area contributed by atoms with Gasteiger partial charge in [-0.3, -0.25) is 0 Å². The molecule has 0 aliphatic rings. The summed E-state index contributed by atoms with van der Waals surface area (Å²) >= 11 is -0.430. The Morgan fingerprint density at radius 2 is 1.43 bits per heavy atom. The molecular weight excluding hydrogens is 539 g/mol. The van der Waals surface area contributed by atoms with Gasteiger partial charge >= 0.3 is 221 Å². The molecule has 9 heteroatoms. The van der Waals surface area contributed by atoms with Crippen LogP contribution in [0.3, 0.4) is 0 Å². The summed E-state index contributed by atoms with van der Waals surface area (Å²) in [5.74, 6) is 1.62. The van der Waals surface area contributed by atoms with Crippen molar-refractivity contribution in [2.75, 3.05) is 33.8 Å². The number of nitrogens with zero attached hydrogens (tertiary/aromatic N) is 1. The third kappa shape index (κ3) is 5.38. The van der Waals surface area contributed by atoms with Gasteiger partial charge in [0.2, 0.25) is 0 Å². The van der Waals surface area contributed by atoms with Crippen LogP contribution in [0.5, 0.6) is 23.0 Å². The van der Waals surface area contributed by atoms with E-state index in [0.717, 1.165) is 15.6 Å². The molecule has 1 aromatic heterocycles. The third-order valence-electron chi connectivity index (χ3n) is 5.57. The molecule has 0 aliphatic carbocycles. The normalized spacial score (nSPS) is 10.5. The van der Waals surface area contributed by atoms with Gasteiger partial charge in [0.1, 0.15) is 0 Å². The number of carbonyl (C=O) groups excluding carboxylic acids is 2. The van der Waals surface area contributed by atoms with Crippen molar-refractivity contribution >= 4 is 31.9 Å². The third-order valence-corrected chi connectivity index (χ3v) is 7.88. The SMILES string of the molecule is COc1ccc(-c2nc(C(=O)c3ccccc3)[se]c2-c2cc(OC)c(OC)c(OC)c2)cc1NC(C)=O. The number of anilines is 1. The van der Waals surface area contributed by atoms with Crippen molar-refractivity contribution in [3.05, 3.63) is 70.8 Å². The number of ether oxygens (including phenoxy) is 4. The maximum absolute atomic E-state index is 13.4. The number of hydrogen-bond acceptors (Lipinski definition) is 7. The summed E-state index contributed by atoms with van der Waals surface area (Å²) in [7, 11) is 6.19. The van der Waals surface area contributed by atoms with Crippen molar-refractivity contribution in [2.45, 2.75) is 6.92 Å². The van der Waals surface area contributed by atoms with Crippen LogP contribution in [0.25, 0.3) is 21.3 Å². The molecule has 4 rings (SSSR count). The van der Waals surface area contributed by atoms with Crippen LogP contribution >= 0.6 is 0 Å². The van der Waals surface area contributed by atoms with E-state index >= 15 is 0 Å². The summed E-state index contributed by atoms with van der Waals surface area (Å²) in [5, 5.41) is 2.80. The van der Waals surface area contributed by atoms with E-state index in [1.165, 1.54) is 14.0 Å². The number of nitrogens with one attached hydrogen (secondary N) is 1. The van der Waals surface area contributed by atoms with E-state index < -0.39 is 14.5 Å². The van der Waals surface area contributed by atoms with Gasteiger partial charge in [0.05, 0.1) is 0 Å². The molecule has 0 radical (unpaired) electrons. The second-order valence-electron chi connectivity index (χ2n) is 7.90. The number of methoxy groups -OCH3 is 4. The molecule has 1 N–H and O–H groups in total. The summed E-state index contributed by atoms with van der Waals surface area (Å²) in [4.78, 5) is 30.0. The first-order valence-electron chi connectivity index (χ1n) is 11.3. The van der Waals surface area contributed by atoms with Crippen LogP contribution in [-0.2, 0) is 4.79 Å². The van der Waals surface area contributed by atoms with Crippen LogP contribution in [0.4, 0.5) is 5.69 Å². The van der Waals surface area contributed by atoms with Crippen molar-refractivity contribution < 1.29 is 28.5 Å². The quantitative estimate of drug-likeness (QED) is 0.232. The topological polar surface area (TPSA) is 96.0 Å². The van der Waals surface area contributed by atoms with Gasteiger partial charge < -0.3 is 0 Å². The molecule has 37 heavy (non-hydrogen) atoms. The average molecular weight is 565 g/mol. The molecule has 0 spiro atoms. The Bertz CT molecular complexity index is 1420. The Kier molecular flexibility index (Phi) is 7.96. The maximum atomic E-state index is 13.4. The number of aromatic nitrogens is 1. The van der Waals surface area contributed by atoms with Crippen molar-refractivity contribution in [1.82, 2.24) is 4.98 Å². The van der Waals surface area contributed by atoms with Crippen LogP contribution in [0.15, 0.2) is 60.7 Å². The van der Waals surface area contributed by atoms with Gasteiger partial charge in [-0.1, -0.05) is 0 Å². The first-order chi connectivity index (χ1) is 17.9. The Morgan fingerprint density at radius 3 is 2.00 bits per heavy atom. The molecule has 190 valence electrons. The first kappa shape index (κ1) is 26.0. The van der Waals surface area contributed by atoms with Crippen LogP contribution in [0.1, 0.15) is 21.8 Å². The van der Waals surface area contributed by atoms with Crippen LogP contribution in [0.2, 0.25) is 0 Å². The van der Waals surface area contributed by atoms with Gasteiger partial charge in [-0.15, -0.1) is 0 Å². The predicted octanol–water partition coefficient (Wildman–Crippen LogP) is 4.70. The number of rotatable bonds is 9. The number of hydrogen-bond donors (Lipinski definition) is 1. The molecule has 8 nitrogen and oxygen atoms in total. The Balaban J connectivity index is 1.95. The Hall–Kier alpha value is -4.07. The van der Waals surface area contributed by atoms with E-state index in [1.807, 2.05) is 36.4 Å². The minimum atomic E-state index is -0.430. The van der Waals surface area contributed by atoms with Crippen molar-refractivity contribution in [3.8, 4) is 44.3 Å². The number of carbonyl (C=O) groups is 2. The standard InChI is InChI=1S/C28H26N2O6Se/c1-16(31)29-20-13-18(11-12-21(20)33-2)24-27(19-14-22(34-3)26(36-5)23(15-19)35-4)37-28(30-24)25(32)17-9-7-6-8-10-17/h6-15H,1-5H3,(H,29,31). The minimum absolute atomic E-state index is 0.129. The number of amides is 1. The van der Waals surface area contributed by atoms with Crippen molar-refractivity contribution in [2.24, 2.45) is 0 Å². The van der Waals surface area contributed by atoms with Gasteiger partial charge in [-0.2, -0.15) is 0 Å². The fraction of sp³-hybridized carbons (Fsp3) is 0.179. The Morgan fingerprint density at radius 1 is 0.784 bits per heavy atom. The summed E-state index contributed by atoms with van der Waals surface area (Å²) in [6, 6.07) is 18.2. The fourth-order valence-electron chi connectivity index (χ4n) is 3.88. The van der Waals surface area contributed by atoms with Crippen LogP contribution in [-0.4, -0.2) is 59.6 Å². The van der Waals surface area contributed by atoms with Gasteiger partial charge in [0.25, 0.3) is 0 Å². The predicted molar refractivity (Wildman–Crippen MR) is 142 cm³/mol. The molecule has 1 heterocycles. The van der Waals surface area contributed by atoms with Gasteiger partial charge in [0, 0.05) is 0 Å². The molecule has 0 aliphatic heterocycles. The average Bonchev–Trinajstić information content (AvgIpc) is 3.37. The van der Waals surface area contributed by atoms with Gasteiger partial charge in [0.15, 0.2) is 0 Å². The summed E-state index contributed by atoms with van der Waals surface area (Å²) < 4.78 is 23.4. The van der Waals surface area contributed by atoms with E-state index in [9.17, 15) is 9.59 Å². The molecule has 0 atom stereocenters. The zero-order valence-corrected chi connectivity index (χ0v) is 22.8. The fourth-order valence-corrected chi connectivity index (χ4v) is 6.05. The summed E-state index contributed by atoms with van der Waals surface area (Å²) in [6.45, 7) is 1.43. The first-order valence-corrected chi connectivity index (χ1v) is 13.0. The molecular formula is C28H26N2O6Se. The zero-order valence-electron chi connectivity index (χ0n) is 21.1. The summed E-state index contributed by atoms with van der Waals surface area (Å²) in [5.41, 5.74) is 3.23. The zero-order chi connectivity index (χ0) is 26.5. The molecule has 1 amide bonds. The molecule has 0 saturated carbocycles. The molecule has 3 aromatic carbocycles. The Labute approximate surface area is 220 Å². The molecule has 0 saturated heterocycles. The van der Waals surface area contributed by atoms with E-state index in [2.05, 4.69) is 5.32 Å². The van der Waals surface area contributed by atoms with E-state index in [-0.39, 0.29) is 11.7 Å². The van der Waals surface area contributed by atoms with E-state index in [4.69, 9.17) is 23.9 Å². The molecule has 0 bridgehead atoms. The van der Waals surface area contributed by atoms with Gasteiger partial charge in [-0.25, -0.2) is 0 Å². The van der Waals surface area contributed by atoms with Crippen LogP contribution in [0, 0.1) is 0 Å². The van der Waals surface area contributed by atoms with E-state index in [0.29, 0.717) is 44.5 Å². The van der Waals surface area contributed by atoms with Gasteiger partial charge in [-0.05, 0) is 0 Å². The second kappa shape index (κ2) is 11.3.